The summed E-state index contributed by atoms with van der Waals surface area (Å²) in [5, 5.41) is 0. The Morgan fingerprint density at radius 2 is 1.89 bits per heavy atom. The van der Waals surface area contributed by atoms with Crippen molar-refractivity contribution < 1.29 is 9.13 Å². The maximum Gasteiger partial charge on any atom is 0.141 e. The molecule has 0 aliphatic carbocycles. The first-order chi connectivity index (χ1) is 8.99. The Morgan fingerprint density at radius 1 is 1.16 bits per heavy atom. The predicted octanol–water partition coefficient (Wildman–Crippen LogP) is 4.78. The number of hydrogen-bond acceptors (Lipinski definition) is 2. The molecule has 0 bridgehead atoms. The van der Waals surface area contributed by atoms with E-state index in [1.54, 1.807) is 24.3 Å². The summed E-state index contributed by atoms with van der Waals surface area (Å²) in [6.07, 6.45) is 0. The quantitative estimate of drug-likeness (QED) is 0.747. The van der Waals surface area contributed by atoms with E-state index < -0.39 is 5.82 Å². The van der Waals surface area contributed by atoms with E-state index in [-0.39, 0.29) is 4.99 Å². The second kappa shape index (κ2) is 5.98. The van der Waals surface area contributed by atoms with Gasteiger partial charge in [-0.05, 0) is 56.1 Å². The van der Waals surface area contributed by atoms with Gasteiger partial charge < -0.3 is 10.5 Å². The summed E-state index contributed by atoms with van der Waals surface area (Å²) < 4.78 is 20.2. The van der Waals surface area contributed by atoms with Crippen molar-refractivity contribution in [3.8, 4) is 11.5 Å². The summed E-state index contributed by atoms with van der Waals surface area (Å²) in [6.45, 7) is 0. The summed E-state index contributed by atoms with van der Waals surface area (Å²) in [4.78, 5) is 0.208. The lowest BCUT2D eigenvalue weighted by atomic mass is 10.2. The van der Waals surface area contributed by atoms with Crippen LogP contribution < -0.4 is 10.5 Å². The lowest BCUT2D eigenvalue weighted by Crippen LogP contribution is -2.11. The Kier molecular flexibility index (Phi) is 4.54. The molecule has 0 fully saturated rings. The summed E-state index contributed by atoms with van der Waals surface area (Å²) >= 11 is 11.4. The average molecular weight is 405 g/mol. The van der Waals surface area contributed by atoms with Gasteiger partial charge in [-0.15, -0.1) is 0 Å². The lowest BCUT2D eigenvalue weighted by molar-refractivity contribution is 0.475. The minimum absolute atomic E-state index is 0.208. The molecular formula is C13H8Br2FNOS. The largest absolute Gasteiger partial charge is 0.456 e. The van der Waals surface area contributed by atoms with E-state index in [0.29, 0.717) is 21.5 Å². The average Bonchev–Trinajstić information content (AvgIpc) is 2.33. The van der Waals surface area contributed by atoms with E-state index in [2.05, 4.69) is 31.9 Å². The molecule has 0 saturated heterocycles. The minimum Gasteiger partial charge on any atom is -0.456 e. The van der Waals surface area contributed by atoms with Gasteiger partial charge in [0.1, 0.15) is 22.3 Å². The third-order valence-electron chi connectivity index (χ3n) is 2.34. The highest BCUT2D eigenvalue weighted by molar-refractivity contribution is 9.10. The molecule has 0 aliphatic heterocycles. The molecule has 2 nitrogen and oxygen atoms in total. The summed E-state index contributed by atoms with van der Waals surface area (Å²) in [7, 11) is 0. The molecule has 98 valence electrons. The maximum absolute atomic E-state index is 13.4. The van der Waals surface area contributed by atoms with Crippen LogP contribution in [0.2, 0.25) is 0 Å². The van der Waals surface area contributed by atoms with Gasteiger partial charge in [-0.1, -0.05) is 18.3 Å². The Morgan fingerprint density at radius 3 is 2.53 bits per heavy atom. The van der Waals surface area contributed by atoms with Gasteiger partial charge in [-0.25, -0.2) is 4.39 Å². The highest BCUT2D eigenvalue weighted by Crippen LogP contribution is 2.31. The van der Waals surface area contributed by atoms with Gasteiger partial charge in [0.15, 0.2) is 0 Å². The fraction of sp³-hybridized carbons (Fsp3) is 0. The first kappa shape index (κ1) is 14.4. The molecule has 0 spiro atoms. The van der Waals surface area contributed by atoms with Crippen LogP contribution in [0.1, 0.15) is 5.56 Å². The van der Waals surface area contributed by atoms with Gasteiger partial charge in [-0.2, -0.15) is 0 Å². The molecule has 0 aromatic heterocycles. The molecule has 2 N–H and O–H groups in total. The molecular weight excluding hydrogens is 397 g/mol. The number of benzene rings is 2. The molecule has 19 heavy (non-hydrogen) atoms. The van der Waals surface area contributed by atoms with E-state index in [1.807, 2.05) is 6.07 Å². The lowest BCUT2D eigenvalue weighted by Gasteiger charge is -2.12. The first-order valence-corrected chi connectivity index (χ1v) is 7.19. The van der Waals surface area contributed by atoms with Crippen molar-refractivity contribution in [2.75, 3.05) is 0 Å². The van der Waals surface area contributed by atoms with Crippen LogP contribution in [0, 0.1) is 5.82 Å². The van der Waals surface area contributed by atoms with Crippen LogP contribution in [0.4, 0.5) is 4.39 Å². The maximum atomic E-state index is 13.4. The number of hydrogen-bond donors (Lipinski definition) is 1. The van der Waals surface area contributed by atoms with Crippen molar-refractivity contribution in [3.63, 3.8) is 0 Å². The van der Waals surface area contributed by atoms with Crippen molar-refractivity contribution in [2.45, 2.75) is 0 Å². The molecule has 2 aromatic rings. The number of ether oxygens (including phenoxy) is 1. The molecule has 0 atom stereocenters. The minimum atomic E-state index is -0.399. The summed E-state index contributed by atoms with van der Waals surface area (Å²) in [6, 6.07) is 9.83. The van der Waals surface area contributed by atoms with Crippen molar-refractivity contribution >= 4 is 49.1 Å². The van der Waals surface area contributed by atoms with E-state index in [0.717, 1.165) is 4.47 Å². The van der Waals surface area contributed by atoms with Crippen LogP contribution in [0.5, 0.6) is 11.5 Å². The molecule has 0 heterocycles. The molecule has 6 heteroatoms. The van der Waals surface area contributed by atoms with Crippen molar-refractivity contribution in [3.05, 3.63) is 56.7 Å². The van der Waals surface area contributed by atoms with Crippen LogP contribution >= 0.6 is 44.1 Å². The van der Waals surface area contributed by atoms with Crippen LogP contribution in [0.15, 0.2) is 45.3 Å². The van der Waals surface area contributed by atoms with Crippen molar-refractivity contribution in [2.24, 2.45) is 5.73 Å². The molecule has 0 amide bonds. The third kappa shape index (κ3) is 3.32. The van der Waals surface area contributed by atoms with Gasteiger partial charge in [-0.3, -0.25) is 0 Å². The highest BCUT2D eigenvalue weighted by Gasteiger charge is 2.12. The normalized spacial score (nSPS) is 10.3. The Balaban J connectivity index is 2.40. The molecule has 0 aliphatic rings. The second-order valence-electron chi connectivity index (χ2n) is 3.66. The van der Waals surface area contributed by atoms with E-state index in [4.69, 9.17) is 22.7 Å². The van der Waals surface area contributed by atoms with Gasteiger partial charge in [0.2, 0.25) is 0 Å². The standard InChI is InChI=1S/C13H8Br2FNOS/c14-8-5-4-7(6-10(8)16)18-11-3-1-2-9(15)12(11)13(17)19/h1-6H,(H2,17,19). The zero-order chi connectivity index (χ0) is 14.0. The van der Waals surface area contributed by atoms with E-state index >= 15 is 0 Å². The topological polar surface area (TPSA) is 35.2 Å². The van der Waals surface area contributed by atoms with Crippen LogP contribution in [-0.4, -0.2) is 4.99 Å². The van der Waals surface area contributed by atoms with E-state index in [9.17, 15) is 4.39 Å². The molecule has 0 unspecified atom stereocenters. The molecule has 2 rings (SSSR count). The SMILES string of the molecule is NC(=S)c1c(Br)cccc1Oc1ccc(Br)c(F)c1. The van der Waals surface area contributed by atoms with Crippen molar-refractivity contribution in [1.29, 1.82) is 0 Å². The van der Waals surface area contributed by atoms with Crippen LogP contribution in [0.3, 0.4) is 0 Å². The Hall–Kier alpha value is -0.980. The Bertz CT molecular complexity index is 649. The number of rotatable bonds is 3. The fourth-order valence-electron chi connectivity index (χ4n) is 1.50. The monoisotopic (exact) mass is 403 g/mol. The Labute approximate surface area is 132 Å². The van der Waals surface area contributed by atoms with Gasteiger partial charge in [0.25, 0.3) is 0 Å². The van der Waals surface area contributed by atoms with Crippen LogP contribution in [-0.2, 0) is 0 Å². The second-order valence-corrected chi connectivity index (χ2v) is 5.80. The highest BCUT2D eigenvalue weighted by atomic mass is 79.9. The molecule has 2 aromatic carbocycles. The first-order valence-electron chi connectivity index (χ1n) is 5.20. The summed E-state index contributed by atoms with van der Waals surface area (Å²) in [5.74, 6) is 0.448. The predicted molar refractivity (Wildman–Crippen MR) is 84.2 cm³/mol. The molecule has 0 radical (unpaired) electrons. The van der Waals surface area contributed by atoms with Gasteiger partial charge >= 0.3 is 0 Å². The zero-order valence-corrected chi connectivity index (χ0v) is 13.5. The molecule has 0 saturated carbocycles. The summed E-state index contributed by atoms with van der Waals surface area (Å²) in [5.41, 5.74) is 6.25. The van der Waals surface area contributed by atoms with E-state index in [1.165, 1.54) is 6.07 Å². The number of thiocarbonyl (C=S) groups is 1. The van der Waals surface area contributed by atoms with Gasteiger partial charge in [0.05, 0.1) is 10.0 Å². The van der Waals surface area contributed by atoms with Crippen molar-refractivity contribution in [1.82, 2.24) is 0 Å². The van der Waals surface area contributed by atoms with Gasteiger partial charge in [0, 0.05) is 10.5 Å². The zero-order valence-electron chi connectivity index (χ0n) is 9.49. The third-order valence-corrected chi connectivity index (χ3v) is 3.85. The smallest absolute Gasteiger partial charge is 0.141 e. The fourth-order valence-corrected chi connectivity index (χ4v) is 2.65. The number of nitrogens with two attached hydrogens (primary N) is 1. The van der Waals surface area contributed by atoms with Crippen LogP contribution in [0.25, 0.3) is 0 Å². The number of halogens is 3.